The SMILES string of the molecule is Cc1cc(C)c(NC(=O)CN2CCN(Cc3ncccc3C)CC2)c(C)c1. The zero-order chi connectivity index (χ0) is 19.4. The van der Waals surface area contributed by atoms with Crippen molar-refractivity contribution in [3.63, 3.8) is 0 Å². The van der Waals surface area contributed by atoms with Crippen LogP contribution in [0, 0.1) is 27.7 Å². The van der Waals surface area contributed by atoms with E-state index in [4.69, 9.17) is 0 Å². The first-order chi connectivity index (χ1) is 12.9. The highest BCUT2D eigenvalue weighted by Gasteiger charge is 2.20. The number of aromatic nitrogens is 1. The molecule has 5 nitrogen and oxygen atoms in total. The number of carbonyl (C=O) groups is 1. The monoisotopic (exact) mass is 366 g/mol. The van der Waals surface area contributed by atoms with Gasteiger partial charge in [0.05, 0.1) is 12.2 Å². The first-order valence-corrected chi connectivity index (χ1v) is 9.65. The minimum Gasteiger partial charge on any atom is -0.324 e. The smallest absolute Gasteiger partial charge is 0.238 e. The van der Waals surface area contributed by atoms with E-state index in [9.17, 15) is 4.79 Å². The molecule has 0 bridgehead atoms. The van der Waals surface area contributed by atoms with Gasteiger partial charge in [-0.15, -0.1) is 0 Å². The summed E-state index contributed by atoms with van der Waals surface area (Å²) >= 11 is 0. The maximum absolute atomic E-state index is 12.5. The zero-order valence-electron chi connectivity index (χ0n) is 16.9. The van der Waals surface area contributed by atoms with Gasteiger partial charge in [0, 0.05) is 44.6 Å². The highest BCUT2D eigenvalue weighted by atomic mass is 16.2. The maximum atomic E-state index is 12.5. The second-order valence-corrected chi connectivity index (χ2v) is 7.64. The van der Waals surface area contributed by atoms with E-state index in [0.717, 1.165) is 55.2 Å². The Balaban J connectivity index is 1.49. The van der Waals surface area contributed by atoms with Crippen LogP contribution in [0.25, 0.3) is 0 Å². The fourth-order valence-corrected chi connectivity index (χ4v) is 3.76. The Morgan fingerprint density at radius 2 is 1.63 bits per heavy atom. The van der Waals surface area contributed by atoms with E-state index in [0.29, 0.717) is 6.54 Å². The third-order valence-electron chi connectivity index (χ3n) is 5.26. The zero-order valence-corrected chi connectivity index (χ0v) is 16.9. The van der Waals surface area contributed by atoms with E-state index in [1.165, 1.54) is 11.1 Å². The third kappa shape index (κ3) is 5.15. The number of hydrogen-bond acceptors (Lipinski definition) is 4. The molecule has 1 aromatic carbocycles. The van der Waals surface area contributed by atoms with Crippen LogP contribution in [-0.2, 0) is 11.3 Å². The molecule has 5 heteroatoms. The number of anilines is 1. The number of nitrogens with one attached hydrogen (secondary N) is 1. The van der Waals surface area contributed by atoms with Gasteiger partial charge in [0.25, 0.3) is 0 Å². The molecule has 0 saturated carbocycles. The first kappa shape index (κ1) is 19.5. The Labute approximate surface area is 162 Å². The summed E-state index contributed by atoms with van der Waals surface area (Å²) in [5.74, 6) is 0.0686. The topological polar surface area (TPSA) is 48.5 Å². The molecule has 27 heavy (non-hydrogen) atoms. The summed E-state index contributed by atoms with van der Waals surface area (Å²) in [5.41, 5.74) is 6.81. The van der Waals surface area contributed by atoms with Crippen molar-refractivity contribution in [1.29, 1.82) is 0 Å². The van der Waals surface area contributed by atoms with Crippen molar-refractivity contribution in [2.45, 2.75) is 34.2 Å². The second kappa shape index (κ2) is 8.63. The van der Waals surface area contributed by atoms with E-state index in [1.54, 1.807) is 0 Å². The molecule has 0 spiro atoms. The summed E-state index contributed by atoms with van der Waals surface area (Å²) in [6.45, 7) is 13.4. The molecule has 2 aromatic rings. The van der Waals surface area contributed by atoms with Crippen LogP contribution in [0.15, 0.2) is 30.5 Å². The lowest BCUT2D eigenvalue weighted by atomic mass is 10.1. The quantitative estimate of drug-likeness (QED) is 0.883. The van der Waals surface area contributed by atoms with Crippen LogP contribution >= 0.6 is 0 Å². The number of aryl methyl sites for hydroxylation is 4. The van der Waals surface area contributed by atoms with Gasteiger partial charge in [-0.25, -0.2) is 0 Å². The van der Waals surface area contributed by atoms with Gasteiger partial charge in [-0.3, -0.25) is 19.6 Å². The van der Waals surface area contributed by atoms with Crippen LogP contribution in [-0.4, -0.2) is 53.4 Å². The summed E-state index contributed by atoms with van der Waals surface area (Å²) in [5, 5.41) is 3.11. The summed E-state index contributed by atoms with van der Waals surface area (Å²) in [4.78, 5) is 21.6. The second-order valence-electron chi connectivity index (χ2n) is 7.64. The van der Waals surface area contributed by atoms with Gasteiger partial charge in [0.15, 0.2) is 0 Å². The van der Waals surface area contributed by atoms with E-state index in [1.807, 2.05) is 26.1 Å². The van der Waals surface area contributed by atoms with Crippen molar-refractivity contribution in [3.8, 4) is 0 Å². The van der Waals surface area contributed by atoms with Crippen LogP contribution in [0.4, 0.5) is 5.69 Å². The standard InChI is InChI=1S/C22H30N4O/c1-16-12-18(3)22(19(4)13-16)24-21(27)15-26-10-8-25(9-11-26)14-20-17(2)6-5-7-23-20/h5-7,12-13H,8-11,14-15H2,1-4H3,(H,24,27). The number of hydrogen-bond donors (Lipinski definition) is 1. The maximum Gasteiger partial charge on any atom is 0.238 e. The van der Waals surface area contributed by atoms with Gasteiger partial charge in [0.2, 0.25) is 5.91 Å². The molecule has 0 radical (unpaired) electrons. The van der Waals surface area contributed by atoms with Crippen LogP contribution in [0.5, 0.6) is 0 Å². The first-order valence-electron chi connectivity index (χ1n) is 9.65. The molecule has 2 heterocycles. The number of pyridine rings is 1. The van der Waals surface area contributed by atoms with Crippen LogP contribution < -0.4 is 5.32 Å². The van der Waals surface area contributed by atoms with E-state index in [-0.39, 0.29) is 5.91 Å². The average molecular weight is 367 g/mol. The largest absolute Gasteiger partial charge is 0.324 e. The van der Waals surface area contributed by atoms with Gasteiger partial charge in [-0.05, 0) is 50.5 Å². The van der Waals surface area contributed by atoms with Crippen molar-refractivity contribution < 1.29 is 4.79 Å². The molecule has 1 saturated heterocycles. The molecule has 0 atom stereocenters. The molecule has 0 aliphatic carbocycles. The van der Waals surface area contributed by atoms with E-state index < -0.39 is 0 Å². The number of amides is 1. The van der Waals surface area contributed by atoms with Gasteiger partial charge in [0.1, 0.15) is 0 Å². The van der Waals surface area contributed by atoms with Gasteiger partial charge >= 0.3 is 0 Å². The lowest BCUT2D eigenvalue weighted by Crippen LogP contribution is -2.48. The van der Waals surface area contributed by atoms with Crippen molar-refractivity contribution >= 4 is 11.6 Å². The van der Waals surface area contributed by atoms with Crippen molar-refractivity contribution in [2.24, 2.45) is 0 Å². The Kier molecular flexibility index (Phi) is 6.24. The Morgan fingerprint density at radius 1 is 1.00 bits per heavy atom. The van der Waals surface area contributed by atoms with Crippen molar-refractivity contribution in [2.75, 3.05) is 38.0 Å². The fraction of sp³-hybridized carbons (Fsp3) is 0.455. The van der Waals surface area contributed by atoms with Crippen LogP contribution in [0.2, 0.25) is 0 Å². The normalized spacial score (nSPS) is 15.7. The number of piperazine rings is 1. The Hall–Kier alpha value is -2.24. The summed E-state index contributed by atoms with van der Waals surface area (Å²) in [6.07, 6.45) is 1.86. The number of nitrogens with zero attached hydrogens (tertiary/aromatic N) is 3. The minimum atomic E-state index is 0.0686. The molecule has 144 valence electrons. The number of carbonyl (C=O) groups excluding carboxylic acids is 1. The average Bonchev–Trinajstić information content (AvgIpc) is 2.62. The van der Waals surface area contributed by atoms with Gasteiger partial charge < -0.3 is 5.32 Å². The molecule has 1 fully saturated rings. The lowest BCUT2D eigenvalue weighted by Gasteiger charge is -2.34. The summed E-state index contributed by atoms with van der Waals surface area (Å²) in [6, 6.07) is 8.31. The van der Waals surface area contributed by atoms with Gasteiger partial charge in [-0.1, -0.05) is 23.8 Å². The van der Waals surface area contributed by atoms with Crippen molar-refractivity contribution in [1.82, 2.24) is 14.8 Å². The summed E-state index contributed by atoms with van der Waals surface area (Å²) < 4.78 is 0. The number of rotatable bonds is 5. The van der Waals surface area contributed by atoms with Crippen LogP contribution in [0.1, 0.15) is 27.9 Å². The Morgan fingerprint density at radius 3 is 2.26 bits per heavy atom. The highest BCUT2D eigenvalue weighted by molar-refractivity contribution is 5.93. The van der Waals surface area contributed by atoms with Crippen molar-refractivity contribution in [3.05, 3.63) is 58.4 Å². The molecular weight excluding hydrogens is 336 g/mol. The molecule has 0 unspecified atom stereocenters. The number of benzene rings is 1. The van der Waals surface area contributed by atoms with Crippen LogP contribution in [0.3, 0.4) is 0 Å². The fourth-order valence-electron chi connectivity index (χ4n) is 3.76. The molecule has 1 aliphatic heterocycles. The molecular formula is C22H30N4O. The predicted molar refractivity (Wildman–Crippen MR) is 110 cm³/mol. The molecule has 1 aliphatic rings. The lowest BCUT2D eigenvalue weighted by molar-refractivity contribution is -0.117. The molecule has 1 aromatic heterocycles. The molecule has 3 rings (SSSR count). The van der Waals surface area contributed by atoms with Gasteiger partial charge in [-0.2, -0.15) is 0 Å². The van der Waals surface area contributed by atoms with E-state index in [2.05, 4.69) is 52.1 Å². The van der Waals surface area contributed by atoms with E-state index >= 15 is 0 Å². The third-order valence-corrected chi connectivity index (χ3v) is 5.26. The summed E-state index contributed by atoms with van der Waals surface area (Å²) in [7, 11) is 0. The predicted octanol–water partition coefficient (Wildman–Crippen LogP) is 3.07. The molecule has 1 amide bonds. The molecule has 1 N–H and O–H groups in total. The Bertz CT molecular complexity index is 787. The minimum absolute atomic E-state index is 0.0686. The highest BCUT2D eigenvalue weighted by Crippen LogP contribution is 2.22.